The van der Waals surface area contributed by atoms with Crippen molar-refractivity contribution < 1.29 is 19.0 Å². The van der Waals surface area contributed by atoms with Gasteiger partial charge in [0.1, 0.15) is 30.2 Å². The molecule has 3 aromatic rings. The van der Waals surface area contributed by atoms with Crippen molar-refractivity contribution in [1.82, 2.24) is 29.7 Å². The van der Waals surface area contributed by atoms with Crippen LogP contribution in [0.3, 0.4) is 0 Å². The molecule has 0 saturated carbocycles. The first-order valence-corrected chi connectivity index (χ1v) is 14.2. The SMILES string of the molecule is CN(CCCCNC(=O)Nc1ccc(C(C)(C)C)cc1)C[C@H]1OC(n2cnc3c(N)ncnc32)[C@@H]2OC(C)(C)O[C@H]12. The zero-order valence-corrected chi connectivity index (χ0v) is 24.8. The van der Waals surface area contributed by atoms with Crippen molar-refractivity contribution in [2.45, 2.75) is 83.2 Å². The number of nitrogen functional groups attached to an aromatic ring is 1. The predicted octanol–water partition coefficient (Wildman–Crippen LogP) is 3.66. The fraction of sp³-hybridized carbons (Fsp3) is 0.586. The van der Waals surface area contributed by atoms with Gasteiger partial charge in [-0.3, -0.25) is 4.57 Å². The van der Waals surface area contributed by atoms with Crippen molar-refractivity contribution >= 4 is 28.7 Å². The highest BCUT2D eigenvalue weighted by molar-refractivity contribution is 5.89. The summed E-state index contributed by atoms with van der Waals surface area (Å²) < 4.78 is 20.9. The van der Waals surface area contributed by atoms with Gasteiger partial charge in [-0.25, -0.2) is 19.7 Å². The Morgan fingerprint density at radius 3 is 2.56 bits per heavy atom. The average molecular weight is 567 g/mol. The number of ether oxygens (including phenoxy) is 3. The molecular weight excluding hydrogens is 524 g/mol. The number of aromatic nitrogens is 4. The van der Waals surface area contributed by atoms with Crippen LogP contribution in [-0.2, 0) is 19.6 Å². The first kappa shape index (κ1) is 29.2. The summed E-state index contributed by atoms with van der Waals surface area (Å²) in [6, 6.07) is 7.78. The molecule has 0 aliphatic carbocycles. The number of hydrogen-bond donors (Lipinski definition) is 3. The van der Waals surface area contributed by atoms with Crippen molar-refractivity contribution in [2.75, 3.05) is 37.7 Å². The number of nitrogens with zero attached hydrogens (tertiary/aromatic N) is 5. The Hall–Kier alpha value is -3.32. The summed E-state index contributed by atoms with van der Waals surface area (Å²) >= 11 is 0. The lowest BCUT2D eigenvalue weighted by atomic mass is 9.87. The maximum atomic E-state index is 12.3. The van der Waals surface area contributed by atoms with Crippen molar-refractivity contribution in [2.24, 2.45) is 0 Å². The number of fused-ring (bicyclic) bond motifs is 2. The van der Waals surface area contributed by atoms with Gasteiger partial charge in [0.25, 0.3) is 0 Å². The minimum absolute atomic E-state index is 0.0785. The van der Waals surface area contributed by atoms with Crippen LogP contribution in [0, 0.1) is 0 Å². The summed E-state index contributed by atoms with van der Waals surface area (Å²) in [6.45, 7) is 12.4. The van der Waals surface area contributed by atoms with E-state index in [2.05, 4.69) is 70.4 Å². The van der Waals surface area contributed by atoms with Crippen molar-refractivity contribution in [3.05, 3.63) is 42.5 Å². The van der Waals surface area contributed by atoms with Gasteiger partial charge in [0, 0.05) is 18.8 Å². The molecule has 0 bridgehead atoms. The largest absolute Gasteiger partial charge is 0.382 e. The average Bonchev–Trinajstić information content (AvgIpc) is 3.55. The summed E-state index contributed by atoms with van der Waals surface area (Å²) in [5.74, 6) is -0.398. The summed E-state index contributed by atoms with van der Waals surface area (Å²) in [6.07, 6.45) is 3.66. The molecule has 5 rings (SSSR count). The van der Waals surface area contributed by atoms with Crippen LogP contribution in [0.2, 0.25) is 0 Å². The fourth-order valence-corrected chi connectivity index (χ4v) is 5.42. The normalized spacial score (nSPS) is 23.7. The molecule has 12 heteroatoms. The zero-order valence-electron chi connectivity index (χ0n) is 24.8. The Morgan fingerprint density at radius 2 is 1.83 bits per heavy atom. The molecule has 4 atom stereocenters. The molecule has 0 radical (unpaired) electrons. The lowest BCUT2D eigenvalue weighted by molar-refractivity contribution is -0.197. The second kappa shape index (κ2) is 11.5. The highest BCUT2D eigenvalue weighted by Crippen LogP contribution is 2.44. The number of urea groups is 1. The van der Waals surface area contributed by atoms with Gasteiger partial charge in [-0.05, 0) is 63.4 Å². The monoisotopic (exact) mass is 566 g/mol. The van der Waals surface area contributed by atoms with Crippen LogP contribution in [0.5, 0.6) is 0 Å². The van der Waals surface area contributed by atoms with Gasteiger partial charge in [0.05, 0.1) is 6.33 Å². The Labute approximate surface area is 241 Å². The third-order valence-electron chi connectivity index (χ3n) is 7.54. The summed E-state index contributed by atoms with van der Waals surface area (Å²) in [4.78, 5) is 27.3. The van der Waals surface area contributed by atoms with E-state index in [0.29, 0.717) is 30.1 Å². The van der Waals surface area contributed by atoms with Crippen LogP contribution in [0.25, 0.3) is 11.2 Å². The van der Waals surface area contributed by atoms with Gasteiger partial charge >= 0.3 is 6.03 Å². The summed E-state index contributed by atoms with van der Waals surface area (Å²) in [7, 11) is 2.06. The Balaban J connectivity index is 1.09. The maximum Gasteiger partial charge on any atom is 0.319 e. The van der Waals surface area contributed by atoms with Gasteiger partial charge in [0.15, 0.2) is 23.5 Å². The molecule has 12 nitrogen and oxygen atoms in total. The van der Waals surface area contributed by atoms with Crippen LogP contribution in [0.15, 0.2) is 36.9 Å². The van der Waals surface area contributed by atoms with Crippen molar-refractivity contribution in [3.8, 4) is 0 Å². The Kier molecular flexibility index (Phi) is 8.20. The quantitative estimate of drug-likeness (QED) is 0.331. The molecule has 222 valence electrons. The van der Waals surface area contributed by atoms with E-state index in [9.17, 15) is 4.79 Å². The number of carbonyl (C=O) groups excluding carboxylic acids is 1. The highest BCUT2D eigenvalue weighted by atomic mass is 16.8. The van der Waals surface area contributed by atoms with Gasteiger partial charge in [-0.1, -0.05) is 32.9 Å². The Morgan fingerprint density at radius 1 is 1.10 bits per heavy atom. The molecule has 2 saturated heterocycles. The number of amides is 2. The number of imidazole rings is 1. The van der Waals surface area contributed by atoms with E-state index >= 15 is 0 Å². The second-order valence-corrected chi connectivity index (χ2v) is 12.4. The van der Waals surface area contributed by atoms with E-state index in [4.69, 9.17) is 19.9 Å². The molecule has 41 heavy (non-hydrogen) atoms. The minimum atomic E-state index is -0.723. The van der Waals surface area contributed by atoms with Crippen LogP contribution >= 0.6 is 0 Å². The molecule has 2 amide bonds. The van der Waals surface area contributed by atoms with Crippen LogP contribution in [0.1, 0.15) is 59.3 Å². The summed E-state index contributed by atoms with van der Waals surface area (Å²) in [5.41, 5.74) is 9.21. The van der Waals surface area contributed by atoms with E-state index in [1.54, 1.807) is 6.33 Å². The Bertz CT molecular complexity index is 1350. The third kappa shape index (κ3) is 6.61. The van der Waals surface area contributed by atoms with E-state index in [0.717, 1.165) is 25.1 Å². The number of anilines is 2. The zero-order chi connectivity index (χ0) is 29.4. The molecule has 2 aliphatic heterocycles. The van der Waals surface area contributed by atoms with E-state index in [-0.39, 0.29) is 29.8 Å². The number of unbranched alkanes of at least 4 members (excludes halogenated alkanes) is 1. The van der Waals surface area contributed by atoms with E-state index < -0.39 is 12.0 Å². The van der Waals surface area contributed by atoms with Gasteiger partial charge in [0.2, 0.25) is 0 Å². The molecule has 2 aromatic heterocycles. The van der Waals surface area contributed by atoms with Gasteiger partial charge in [-0.15, -0.1) is 0 Å². The number of rotatable bonds is 9. The number of carbonyl (C=O) groups is 1. The second-order valence-electron chi connectivity index (χ2n) is 12.4. The molecule has 1 unspecified atom stereocenters. The van der Waals surface area contributed by atoms with Gasteiger partial charge < -0.3 is 35.5 Å². The molecule has 2 fully saturated rings. The number of nitrogens with one attached hydrogen (secondary N) is 2. The number of nitrogens with two attached hydrogens (primary N) is 1. The molecule has 0 spiro atoms. The highest BCUT2D eigenvalue weighted by Gasteiger charge is 2.56. The maximum absolute atomic E-state index is 12.3. The first-order valence-electron chi connectivity index (χ1n) is 14.2. The molecule has 1 aromatic carbocycles. The van der Waals surface area contributed by atoms with Crippen molar-refractivity contribution in [3.63, 3.8) is 0 Å². The van der Waals surface area contributed by atoms with Gasteiger partial charge in [-0.2, -0.15) is 0 Å². The predicted molar refractivity (Wildman–Crippen MR) is 156 cm³/mol. The van der Waals surface area contributed by atoms with Crippen LogP contribution in [-0.4, -0.2) is 81.2 Å². The standard InChI is InChI=1S/C29H42N8O4/c1-28(2,3)18-9-11-19(12-10-18)35-27(38)31-13-7-8-14-36(6)15-20-22-23(41-29(4,5)40-22)26(39-20)37-17-34-21-24(30)32-16-33-25(21)37/h9-12,16-17,20,22-23,26H,7-8,13-15H2,1-6H3,(H2,30,32,33)(H2,31,35,38)/t20-,22-,23-,26?/m1/s1. The molecule has 4 N–H and O–H groups in total. The third-order valence-corrected chi connectivity index (χ3v) is 7.54. The van der Waals surface area contributed by atoms with Crippen LogP contribution < -0.4 is 16.4 Å². The molecular formula is C29H42N8O4. The lowest BCUT2D eigenvalue weighted by Gasteiger charge is -2.27. The fourth-order valence-electron chi connectivity index (χ4n) is 5.42. The lowest BCUT2D eigenvalue weighted by Crippen LogP contribution is -2.39. The van der Waals surface area contributed by atoms with Crippen LogP contribution in [0.4, 0.5) is 16.3 Å². The number of hydrogen-bond acceptors (Lipinski definition) is 9. The van der Waals surface area contributed by atoms with Crippen molar-refractivity contribution in [1.29, 1.82) is 0 Å². The first-order chi connectivity index (χ1) is 19.4. The number of benzene rings is 1. The smallest absolute Gasteiger partial charge is 0.319 e. The molecule has 2 aliphatic rings. The van der Waals surface area contributed by atoms with E-state index in [1.807, 2.05) is 30.5 Å². The summed E-state index contributed by atoms with van der Waals surface area (Å²) in [5, 5.41) is 5.85. The minimum Gasteiger partial charge on any atom is -0.382 e. The topological polar surface area (TPSA) is 142 Å². The van der Waals surface area contributed by atoms with E-state index in [1.165, 1.54) is 11.9 Å². The molecule has 4 heterocycles. The number of likely N-dealkylation sites (N-methyl/N-ethyl adjacent to an activating group) is 1.